The van der Waals surface area contributed by atoms with Crippen LogP contribution in [0.4, 0.5) is 0 Å². The Morgan fingerprint density at radius 1 is 1.03 bits per heavy atom. The second kappa shape index (κ2) is 9.15. The number of aromatic nitrogens is 2. The molecule has 4 rings (SSSR count). The number of nitrogens with zero attached hydrogens (tertiary/aromatic N) is 4. The van der Waals surface area contributed by atoms with Crippen molar-refractivity contribution in [2.45, 2.75) is 0 Å². The average Bonchev–Trinajstić information content (AvgIpc) is 2.81. The number of hydrazone groups is 1. The van der Waals surface area contributed by atoms with E-state index in [1.165, 1.54) is 15.3 Å². The fourth-order valence-corrected chi connectivity index (χ4v) is 3.68. The molecule has 31 heavy (non-hydrogen) atoms. The summed E-state index contributed by atoms with van der Waals surface area (Å²) in [5.74, 6) is 0.393. The molecule has 8 nitrogen and oxygen atoms in total. The molecule has 1 N–H and O–H groups in total. The molecular formula is C22H22N4O4S. The average molecular weight is 439 g/mol. The van der Waals surface area contributed by atoms with Crippen molar-refractivity contribution in [3.63, 3.8) is 0 Å². The lowest BCUT2D eigenvalue weighted by atomic mass is 10.2. The molecule has 0 bridgehead atoms. The van der Waals surface area contributed by atoms with E-state index in [4.69, 9.17) is 21.7 Å². The van der Waals surface area contributed by atoms with Gasteiger partial charge in [0.1, 0.15) is 11.3 Å². The maximum absolute atomic E-state index is 13.3. The van der Waals surface area contributed by atoms with Crippen molar-refractivity contribution < 1.29 is 14.6 Å². The molecule has 1 saturated heterocycles. The molecule has 1 aliphatic heterocycles. The highest BCUT2D eigenvalue weighted by Crippen LogP contribution is 2.23. The molecule has 0 unspecified atom stereocenters. The minimum atomic E-state index is -0.449. The maximum Gasteiger partial charge on any atom is 0.271 e. The van der Waals surface area contributed by atoms with Crippen LogP contribution in [0.2, 0.25) is 0 Å². The number of aromatic hydroxyl groups is 1. The van der Waals surface area contributed by atoms with E-state index in [0.717, 1.165) is 0 Å². The van der Waals surface area contributed by atoms with Crippen LogP contribution in [0.25, 0.3) is 11.4 Å². The molecule has 1 fully saturated rings. The summed E-state index contributed by atoms with van der Waals surface area (Å²) in [6.07, 6.45) is 1.39. The van der Waals surface area contributed by atoms with Gasteiger partial charge in [0.05, 0.1) is 51.0 Å². The van der Waals surface area contributed by atoms with Gasteiger partial charge in [0.2, 0.25) is 5.88 Å². The van der Waals surface area contributed by atoms with Gasteiger partial charge in [-0.2, -0.15) is 5.10 Å². The van der Waals surface area contributed by atoms with Gasteiger partial charge in [0.15, 0.2) is 4.77 Å². The summed E-state index contributed by atoms with van der Waals surface area (Å²) < 4.78 is 13.5. The first-order valence-corrected chi connectivity index (χ1v) is 10.2. The highest BCUT2D eigenvalue weighted by Gasteiger charge is 2.18. The van der Waals surface area contributed by atoms with Gasteiger partial charge < -0.3 is 14.6 Å². The first-order chi connectivity index (χ1) is 15.1. The Hall–Kier alpha value is -3.43. The second-order valence-electron chi connectivity index (χ2n) is 6.84. The number of rotatable bonds is 5. The Bertz CT molecular complexity index is 1200. The van der Waals surface area contributed by atoms with E-state index in [1.807, 2.05) is 18.2 Å². The predicted octanol–water partition coefficient (Wildman–Crippen LogP) is 2.74. The van der Waals surface area contributed by atoms with Crippen LogP contribution in [0.5, 0.6) is 11.6 Å². The van der Waals surface area contributed by atoms with Gasteiger partial charge in [0, 0.05) is 0 Å². The van der Waals surface area contributed by atoms with E-state index >= 15 is 0 Å². The van der Waals surface area contributed by atoms with Crippen molar-refractivity contribution in [1.29, 1.82) is 0 Å². The van der Waals surface area contributed by atoms with Gasteiger partial charge in [-0.1, -0.05) is 18.2 Å². The molecule has 2 aromatic carbocycles. The lowest BCUT2D eigenvalue weighted by Crippen LogP contribution is -2.33. The predicted molar refractivity (Wildman–Crippen MR) is 120 cm³/mol. The van der Waals surface area contributed by atoms with Crippen molar-refractivity contribution in [2.75, 3.05) is 33.4 Å². The molecule has 0 aliphatic carbocycles. The Kier molecular flexibility index (Phi) is 6.15. The zero-order valence-electron chi connectivity index (χ0n) is 17.0. The lowest BCUT2D eigenvalue weighted by molar-refractivity contribution is 0.0396. The molecule has 9 heteroatoms. The third-order valence-corrected chi connectivity index (χ3v) is 5.32. The van der Waals surface area contributed by atoms with Crippen molar-refractivity contribution in [3.8, 4) is 23.0 Å². The Labute approximate surface area is 184 Å². The van der Waals surface area contributed by atoms with Crippen molar-refractivity contribution >= 4 is 18.4 Å². The van der Waals surface area contributed by atoms with Crippen LogP contribution >= 0.6 is 12.2 Å². The van der Waals surface area contributed by atoms with Crippen LogP contribution in [0, 0.1) is 4.77 Å². The van der Waals surface area contributed by atoms with Crippen molar-refractivity contribution in [2.24, 2.45) is 5.10 Å². The number of morpholine rings is 1. The maximum atomic E-state index is 13.3. The van der Waals surface area contributed by atoms with Crippen LogP contribution in [0.15, 0.2) is 64.5 Å². The molecule has 160 valence electrons. The van der Waals surface area contributed by atoms with Crippen LogP contribution in [0.3, 0.4) is 0 Å². The molecule has 0 atom stereocenters. The molecule has 3 aromatic rings. The summed E-state index contributed by atoms with van der Waals surface area (Å²) in [5, 5.41) is 17.2. The lowest BCUT2D eigenvalue weighted by Gasteiger charge is -2.23. The standard InChI is InChI=1S/C22H22N4O4S/c1-29-18-9-7-17(8-10-18)26-21(28)19(15-23-24-11-13-30-14-12-24)20(27)25(22(26)31)16-5-3-2-4-6-16/h2-10,15,28H,11-14H2,1H3. The summed E-state index contributed by atoms with van der Waals surface area (Å²) in [5.41, 5.74) is 0.782. The van der Waals surface area contributed by atoms with E-state index in [2.05, 4.69) is 5.10 Å². The Balaban J connectivity index is 1.92. The van der Waals surface area contributed by atoms with Crippen LogP contribution in [-0.2, 0) is 4.74 Å². The summed E-state index contributed by atoms with van der Waals surface area (Å²) in [4.78, 5) is 13.3. The highest BCUT2D eigenvalue weighted by atomic mass is 32.1. The molecule has 1 aromatic heterocycles. The van der Waals surface area contributed by atoms with E-state index in [9.17, 15) is 9.90 Å². The molecule has 0 saturated carbocycles. The normalized spacial score (nSPS) is 14.2. The number of ether oxygens (including phenoxy) is 2. The molecule has 0 amide bonds. The third kappa shape index (κ3) is 4.23. The molecular weight excluding hydrogens is 416 g/mol. The van der Waals surface area contributed by atoms with Gasteiger partial charge in [0.25, 0.3) is 5.56 Å². The van der Waals surface area contributed by atoms with Crippen molar-refractivity contribution in [3.05, 3.63) is 75.3 Å². The monoisotopic (exact) mass is 438 g/mol. The first-order valence-electron chi connectivity index (χ1n) is 9.77. The van der Waals surface area contributed by atoms with E-state index < -0.39 is 5.56 Å². The van der Waals surface area contributed by atoms with Gasteiger partial charge >= 0.3 is 0 Å². The van der Waals surface area contributed by atoms with Gasteiger partial charge in [-0.25, -0.2) is 0 Å². The topological polar surface area (TPSA) is 81.2 Å². The fraction of sp³-hybridized carbons (Fsp3) is 0.227. The molecule has 0 radical (unpaired) electrons. The van der Waals surface area contributed by atoms with Crippen LogP contribution in [0.1, 0.15) is 5.56 Å². The van der Waals surface area contributed by atoms with Crippen molar-refractivity contribution in [1.82, 2.24) is 14.1 Å². The number of hydrogen-bond donors (Lipinski definition) is 1. The SMILES string of the molecule is COc1ccc(-n2c(O)c(C=NN3CCOCC3)c(=O)n(-c3ccccc3)c2=S)cc1. The van der Waals surface area contributed by atoms with E-state index in [1.54, 1.807) is 48.5 Å². The summed E-state index contributed by atoms with van der Waals surface area (Å²) in [6, 6.07) is 16.1. The molecule has 1 aliphatic rings. The van der Waals surface area contributed by atoms with Gasteiger partial charge in [-0.15, -0.1) is 0 Å². The largest absolute Gasteiger partial charge is 0.497 e. The van der Waals surface area contributed by atoms with Crippen LogP contribution < -0.4 is 10.3 Å². The summed E-state index contributed by atoms with van der Waals surface area (Å²) >= 11 is 5.62. The summed E-state index contributed by atoms with van der Waals surface area (Å²) in [6.45, 7) is 2.35. The zero-order valence-corrected chi connectivity index (χ0v) is 17.8. The number of methoxy groups -OCH3 is 1. The minimum Gasteiger partial charge on any atom is -0.497 e. The third-order valence-electron chi connectivity index (χ3n) is 4.95. The van der Waals surface area contributed by atoms with Gasteiger partial charge in [-0.05, 0) is 48.6 Å². The highest BCUT2D eigenvalue weighted by molar-refractivity contribution is 7.71. The number of hydrogen-bond acceptors (Lipinski definition) is 7. The molecule has 2 heterocycles. The van der Waals surface area contributed by atoms with E-state index in [0.29, 0.717) is 43.4 Å². The number of para-hydroxylation sites is 1. The second-order valence-corrected chi connectivity index (χ2v) is 7.21. The smallest absolute Gasteiger partial charge is 0.271 e. The fourth-order valence-electron chi connectivity index (χ4n) is 3.30. The minimum absolute atomic E-state index is 0.0414. The summed E-state index contributed by atoms with van der Waals surface area (Å²) in [7, 11) is 1.58. The Morgan fingerprint density at radius 2 is 1.68 bits per heavy atom. The number of benzene rings is 2. The first kappa shape index (κ1) is 20.8. The van der Waals surface area contributed by atoms with Crippen LogP contribution in [-0.4, -0.2) is 58.9 Å². The molecule has 0 spiro atoms. The van der Waals surface area contributed by atoms with E-state index in [-0.39, 0.29) is 16.2 Å². The van der Waals surface area contributed by atoms with Gasteiger partial charge in [-0.3, -0.25) is 18.9 Å². The Morgan fingerprint density at radius 3 is 2.32 bits per heavy atom. The zero-order chi connectivity index (χ0) is 21.8. The quantitative estimate of drug-likeness (QED) is 0.487.